The average molecular weight is 410 g/mol. The Morgan fingerprint density at radius 1 is 1.13 bits per heavy atom. The number of nitrogens with zero attached hydrogens (tertiary/aromatic N) is 5. The van der Waals surface area contributed by atoms with Gasteiger partial charge in [-0.1, -0.05) is 0 Å². The highest BCUT2D eigenvalue weighted by Gasteiger charge is 2.37. The summed E-state index contributed by atoms with van der Waals surface area (Å²) in [5.41, 5.74) is 8.13. The van der Waals surface area contributed by atoms with Crippen LogP contribution >= 0.6 is 0 Å². The summed E-state index contributed by atoms with van der Waals surface area (Å²) in [5.74, 6) is 0.999. The molecule has 2 saturated heterocycles. The van der Waals surface area contributed by atoms with Crippen LogP contribution in [0.15, 0.2) is 29.3 Å². The van der Waals surface area contributed by atoms with Crippen molar-refractivity contribution in [3.8, 4) is 11.3 Å². The van der Waals surface area contributed by atoms with Crippen LogP contribution in [0.5, 0.6) is 0 Å². The first kappa shape index (κ1) is 19.2. The van der Waals surface area contributed by atoms with Crippen molar-refractivity contribution in [1.29, 1.82) is 0 Å². The Labute approximate surface area is 174 Å². The van der Waals surface area contributed by atoms with Crippen LogP contribution < -0.4 is 11.3 Å². The molecule has 0 aliphatic carbocycles. The van der Waals surface area contributed by atoms with Gasteiger partial charge in [0.15, 0.2) is 0 Å². The second-order valence-electron chi connectivity index (χ2n) is 8.43. The van der Waals surface area contributed by atoms with E-state index in [1.54, 1.807) is 12.1 Å². The van der Waals surface area contributed by atoms with Crippen LogP contribution in [0.1, 0.15) is 18.0 Å². The van der Waals surface area contributed by atoms with E-state index in [9.17, 15) is 9.59 Å². The lowest BCUT2D eigenvalue weighted by Gasteiger charge is -2.43. The summed E-state index contributed by atoms with van der Waals surface area (Å²) in [6, 6.07) is 5.32. The van der Waals surface area contributed by atoms with E-state index in [-0.39, 0.29) is 17.4 Å². The summed E-state index contributed by atoms with van der Waals surface area (Å²) < 4.78 is 7.25. The molecular weight excluding hydrogens is 384 g/mol. The maximum absolute atomic E-state index is 12.9. The van der Waals surface area contributed by atoms with E-state index in [2.05, 4.69) is 14.9 Å². The smallest absolute Gasteiger partial charge is 0.251 e. The first-order valence-corrected chi connectivity index (χ1v) is 10.5. The molecule has 0 aromatic carbocycles. The Kier molecular flexibility index (Phi) is 5.00. The molecule has 0 unspecified atom stereocenters. The summed E-state index contributed by atoms with van der Waals surface area (Å²) >= 11 is 0. The minimum atomic E-state index is -0.0255. The molecule has 2 N–H and O–H groups in total. The number of carbonyl (C=O) groups excluding carboxylic acids is 1. The molecule has 3 aliphatic rings. The number of rotatable bonds is 3. The molecule has 2 atom stereocenters. The third-order valence-corrected chi connectivity index (χ3v) is 6.36. The fourth-order valence-electron chi connectivity index (χ4n) is 4.89. The first-order chi connectivity index (χ1) is 14.6. The van der Waals surface area contributed by atoms with Crippen LogP contribution in [-0.4, -0.2) is 76.2 Å². The fraction of sp³-hybridized carbons (Fsp3) is 0.524. The Morgan fingerprint density at radius 3 is 2.77 bits per heavy atom. The van der Waals surface area contributed by atoms with Gasteiger partial charge in [-0.25, -0.2) is 9.97 Å². The maximum atomic E-state index is 12.9. The van der Waals surface area contributed by atoms with Gasteiger partial charge in [-0.05, 0) is 18.4 Å². The molecule has 0 radical (unpaired) electrons. The van der Waals surface area contributed by atoms with Crippen molar-refractivity contribution in [3.05, 3.63) is 40.6 Å². The van der Waals surface area contributed by atoms with Gasteiger partial charge in [0.25, 0.3) is 5.56 Å². The quantitative estimate of drug-likeness (QED) is 0.768. The molecule has 158 valence electrons. The molecule has 5 heterocycles. The largest absolute Gasteiger partial charge is 0.384 e. The van der Waals surface area contributed by atoms with E-state index in [0.29, 0.717) is 50.3 Å². The number of hydrogen-bond acceptors (Lipinski definition) is 7. The van der Waals surface area contributed by atoms with Crippen LogP contribution in [0.4, 0.5) is 5.82 Å². The van der Waals surface area contributed by atoms with E-state index in [4.69, 9.17) is 10.5 Å². The lowest BCUT2D eigenvalue weighted by Crippen LogP contribution is -2.52. The van der Waals surface area contributed by atoms with Crippen LogP contribution in [0.3, 0.4) is 0 Å². The second kappa shape index (κ2) is 7.81. The number of carbonyl (C=O) groups is 1. The predicted molar refractivity (Wildman–Crippen MR) is 111 cm³/mol. The molecule has 30 heavy (non-hydrogen) atoms. The zero-order valence-electron chi connectivity index (χ0n) is 16.9. The molecule has 9 nitrogen and oxygen atoms in total. The molecule has 0 saturated carbocycles. The third kappa shape index (κ3) is 3.70. The van der Waals surface area contributed by atoms with E-state index >= 15 is 0 Å². The highest BCUT2D eigenvalue weighted by molar-refractivity contribution is 5.78. The van der Waals surface area contributed by atoms with Crippen molar-refractivity contribution in [2.24, 2.45) is 5.92 Å². The number of likely N-dealkylation sites (tertiary alicyclic amines) is 1. The molecular formula is C21H26N6O3. The van der Waals surface area contributed by atoms with Crippen molar-refractivity contribution < 1.29 is 9.53 Å². The van der Waals surface area contributed by atoms with Crippen molar-refractivity contribution in [1.82, 2.24) is 24.3 Å². The lowest BCUT2D eigenvalue weighted by molar-refractivity contribution is -0.136. The summed E-state index contributed by atoms with van der Waals surface area (Å²) in [6.07, 6.45) is 2.40. The van der Waals surface area contributed by atoms with E-state index in [1.807, 2.05) is 15.5 Å². The third-order valence-electron chi connectivity index (χ3n) is 6.36. The number of anilines is 1. The van der Waals surface area contributed by atoms with E-state index < -0.39 is 0 Å². The Morgan fingerprint density at radius 2 is 1.97 bits per heavy atom. The van der Waals surface area contributed by atoms with Gasteiger partial charge in [-0.2, -0.15) is 0 Å². The van der Waals surface area contributed by atoms with Gasteiger partial charge in [0.1, 0.15) is 12.1 Å². The minimum Gasteiger partial charge on any atom is -0.384 e. The van der Waals surface area contributed by atoms with Crippen molar-refractivity contribution >= 4 is 11.7 Å². The molecule has 5 rings (SSSR count). The Hall–Kier alpha value is -2.78. The molecule has 2 bridgehead atoms. The number of aromatic nitrogens is 3. The number of nitrogens with two attached hydrogens (primary N) is 1. The second-order valence-corrected chi connectivity index (χ2v) is 8.43. The standard InChI is InChI=1S/C21H26N6O3/c22-19-8-17(23-13-24-19)15-6-18-16-5-14(10-27(18)20(28)7-15)9-26(11-16)21(29)12-25-1-3-30-4-2-25/h6-8,13-14,16H,1-5,9-12H2,(H2,22,23,24)/t14-,16+/m0/s1. The number of fused-ring (bicyclic) bond motifs is 4. The van der Waals surface area contributed by atoms with Crippen LogP contribution in [0.2, 0.25) is 0 Å². The summed E-state index contributed by atoms with van der Waals surface area (Å²) in [7, 11) is 0. The number of piperidine rings is 1. The van der Waals surface area contributed by atoms with Gasteiger partial charge < -0.3 is 19.9 Å². The van der Waals surface area contributed by atoms with Gasteiger partial charge in [0.05, 0.1) is 25.5 Å². The summed E-state index contributed by atoms with van der Waals surface area (Å²) in [4.78, 5) is 38.1. The average Bonchev–Trinajstić information content (AvgIpc) is 2.75. The Bertz CT molecular complexity index is 1020. The molecule has 3 aliphatic heterocycles. The highest BCUT2D eigenvalue weighted by atomic mass is 16.5. The fourth-order valence-corrected chi connectivity index (χ4v) is 4.89. The molecule has 2 aromatic heterocycles. The number of morpholine rings is 1. The van der Waals surface area contributed by atoms with E-state index in [1.165, 1.54) is 6.33 Å². The monoisotopic (exact) mass is 410 g/mol. The van der Waals surface area contributed by atoms with Crippen LogP contribution in [0.25, 0.3) is 11.3 Å². The predicted octanol–water partition coefficient (Wildman–Crippen LogP) is 0.165. The van der Waals surface area contributed by atoms with Crippen molar-refractivity contribution in [3.63, 3.8) is 0 Å². The zero-order valence-corrected chi connectivity index (χ0v) is 16.9. The molecule has 9 heteroatoms. The lowest BCUT2D eigenvalue weighted by atomic mass is 9.82. The van der Waals surface area contributed by atoms with Gasteiger partial charge in [0.2, 0.25) is 5.91 Å². The van der Waals surface area contributed by atoms with Crippen molar-refractivity contribution in [2.45, 2.75) is 18.9 Å². The molecule has 1 amide bonds. The number of pyridine rings is 1. The summed E-state index contributed by atoms with van der Waals surface area (Å²) in [5, 5.41) is 0. The number of nitrogen functional groups attached to an aromatic ring is 1. The van der Waals surface area contributed by atoms with Gasteiger partial charge >= 0.3 is 0 Å². The zero-order chi connectivity index (χ0) is 20.7. The normalized spacial score (nSPS) is 23.8. The summed E-state index contributed by atoms with van der Waals surface area (Å²) in [6.45, 7) is 5.43. The minimum absolute atomic E-state index is 0.0255. The van der Waals surface area contributed by atoms with Gasteiger partial charge in [-0.15, -0.1) is 0 Å². The first-order valence-electron chi connectivity index (χ1n) is 10.5. The molecule has 0 spiro atoms. The number of ether oxygens (including phenoxy) is 1. The van der Waals surface area contributed by atoms with Gasteiger partial charge in [0, 0.05) is 62.0 Å². The Balaban J connectivity index is 1.39. The van der Waals surface area contributed by atoms with Crippen LogP contribution in [0, 0.1) is 5.92 Å². The van der Waals surface area contributed by atoms with Crippen molar-refractivity contribution in [2.75, 3.05) is 51.7 Å². The number of amides is 1. The molecule has 2 fully saturated rings. The van der Waals surface area contributed by atoms with Gasteiger partial charge in [-0.3, -0.25) is 14.5 Å². The topological polar surface area (TPSA) is 107 Å². The molecule has 2 aromatic rings. The maximum Gasteiger partial charge on any atom is 0.251 e. The highest BCUT2D eigenvalue weighted by Crippen LogP contribution is 2.36. The SMILES string of the molecule is Nc1cc(-c2cc3n(c(=O)c2)C[C@H]2C[C@@H]3CN(C(=O)CN3CCOCC3)C2)ncn1. The van der Waals surface area contributed by atoms with Crippen LogP contribution in [-0.2, 0) is 16.1 Å². The van der Waals surface area contributed by atoms with E-state index in [0.717, 1.165) is 37.3 Å². The number of hydrogen-bond donors (Lipinski definition) is 1.